The van der Waals surface area contributed by atoms with Crippen molar-refractivity contribution in [2.45, 2.75) is 25.8 Å². The molecule has 2 aromatic rings. The number of rotatable bonds is 4. The van der Waals surface area contributed by atoms with Crippen LogP contribution in [-0.2, 0) is 16.8 Å². The van der Waals surface area contributed by atoms with Crippen molar-refractivity contribution in [2.75, 3.05) is 5.32 Å². The van der Waals surface area contributed by atoms with Gasteiger partial charge in [0.25, 0.3) is 5.91 Å². The van der Waals surface area contributed by atoms with Crippen molar-refractivity contribution >= 4 is 27.5 Å². The molecule has 0 fully saturated rings. The Hall–Kier alpha value is -2.13. The lowest BCUT2D eigenvalue weighted by Gasteiger charge is -2.24. The summed E-state index contributed by atoms with van der Waals surface area (Å²) in [5.41, 5.74) is 0.809. The molecule has 0 saturated carbocycles. The Morgan fingerprint density at radius 2 is 2.10 bits per heavy atom. The highest BCUT2D eigenvalue weighted by atomic mass is 79.9. The molecule has 108 valence electrons. The molecule has 2 rings (SSSR count). The smallest absolute Gasteiger partial charge is 0.251 e. The average molecular weight is 347 g/mol. The molecule has 0 atom stereocenters. The highest BCUT2D eigenvalue weighted by molar-refractivity contribution is 9.10. The van der Waals surface area contributed by atoms with E-state index in [1.54, 1.807) is 43.1 Å². The van der Waals surface area contributed by atoms with Gasteiger partial charge in [-0.2, -0.15) is 10.4 Å². The van der Waals surface area contributed by atoms with Crippen molar-refractivity contribution in [3.8, 4) is 6.07 Å². The third-order valence-corrected chi connectivity index (χ3v) is 3.58. The van der Waals surface area contributed by atoms with E-state index < -0.39 is 5.54 Å². The van der Waals surface area contributed by atoms with E-state index in [4.69, 9.17) is 5.26 Å². The van der Waals surface area contributed by atoms with Gasteiger partial charge in [-0.05, 0) is 47.5 Å². The molecule has 1 N–H and O–H groups in total. The second-order valence-corrected chi connectivity index (χ2v) is 6.06. The molecule has 0 spiro atoms. The van der Waals surface area contributed by atoms with Crippen LogP contribution in [0.5, 0.6) is 0 Å². The second-order valence-electron chi connectivity index (χ2n) is 5.15. The molecule has 21 heavy (non-hydrogen) atoms. The van der Waals surface area contributed by atoms with E-state index >= 15 is 0 Å². The number of nitriles is 1. The molecular formula is C15H15BrN4O. The van der Waals surface area contributed by atoms with E-state index in [0.29, 0.717) is 12.1 Å². The first kappa shape index (κ1) is 15.3. The Bertz CT molecular complexity index is 682. The van der Waals surface area contributed by atoms with Gasteiger partial charge in [0, 0.05) is 11.9 Å². The van der Waals surface area contributed by atoms with Gasteiger partial charge in [-0.1, -0.05) is 12.1 Å². The first-order valence-corrected chi connectivity index (χ1v) is 7.21. The molecule has 1 aromatic carbocycles. The third kappa shape index (κ3) is 3.50. The number of benzene rings is 1. The van der Waals surface area contributed by atoms with Crippen molar-refractivity contribution in [1.82, 2.24) is 9.78 Å². The number of carbonyl (C=O) groups is 1. The van der Waals surface area contributed by atoms with Crippen LogP contribution in [0.15, 0.2) is 41.1 Å². The van der Waals surface area contributed by atoms with Gasteiger partial charge in [0.2, 0.25) is 0 Å². The largest absolute Gasteiger partial charge is 0.324 e. The van der Waals surface area contributed by atoms with E-state index in [1.807, 2.05) is 12.1 Å². The normalized spacial score (nSPS) is 11.0. The number of amides is 1. The van der Waals surface area contributed by atoms with Crippen LogP contribution in [0.1, 0.15) is 19.4 Å². The highest BCUT2D eigenvalue weighted by Crippen LogP contribution is 2.20. The van der Waals surface area contributed by atoms with E-state index in [9.17, 15) is 4.79 Å². The van der Waals surface area contributed by atoms with Crippen molar-refractivity contribution in [1.29, 1.82) is 5.26 Å². The number of hydrogen-bond acceptors (Lipinski definition) is 3. The number of aromatic nitrogens is 2. The minimum atomic E-state index is -0.808. The number of anilines is 1. The van der Waals surface area contributed by atoms with Gasteiger partial charge in [0.05, 0.1) is 23.2 Å². The number of halogens is 1. The van der Waals surface area contributed by atoms with Gasteiger partial charge in [0.1, 0.15) is 5.54 Å². The van der Waals surface area contributed by atoms with Crippen LogP contribution in [0.3, 0.4) is 0 Å². The summed E-state index contributed by atoms with van der Waals surface area (Å²) < 4.78 is 2.43. The summed E-state index contributed by atoms with van der Waals surface area (Å²) >= 11 is 3.32. The predicted octanol–water partition coefficient (Wildman–Crippen LogP) is 3.09. The van der Waals surface area contributed by atoms with Gasteiger partial charge in [-0.25, -0.2) is 0 Å². The number of nitrogens with zero attached hydrogens (tertiary/aromatic N) is 3. The molecule has 6 heteroatoms. The number of hydrogen-bond donors (Lipinski definition) is 1. The van der Waals surface area contributed by atoms with Gasteiger partial charge < -0.3 is 5.32 Å². The molecule has 5 nitrogen and oxygen atoms in total. The molecule has 0 saturated heterocycles. The molecule has 1 amide bonds. The van der Waals surface area contributed by atoms with Crippen LogP contribution in [-0.4, -0.2) is 15.7 Å². The maximum Gasteiger partial charge on any atom is 0.251 e. The topological polar surface area (TPSA) is 70.7 Å². The Labute approximate surface area is 131 Å². The van der Waals surface area contributed by atoms with Crippen LogP contribution in [0.25, 0.3) is 0 Å². The van der Waals surface area contributed by atoms with Crippen LogP contribution in [0.2, 0.25) is 0 Å². The average Bonchev–Trinajstić information content (AvgIpc) is 2.88. The summed E-state index contributed by atoms with van der Waals surface area (Å²) in [5.74, 6) is -0.161. The molecule has 0 aliphatic carbocycles. The molecule has 0 bridgehead atoms. The summed E-state index contributed by atoms with van der Waals surface area (Å²) in [4.78, 5) is 12.4. The first-order valence-electron chi connectivity index (χ1n) is 6.41. The SMILES string of the molecule is CC(C)(C(=O)Nc1ccc(CC#N)cc1)n1cc(Br)cn1. The quantitative estimate of drug-likeness (QED) is 0.924. The van der Waals surface area contributed by atoms with Gasteiger partial charge in [-0.15, -0.1) is 0 Å². The molecule has 1 heterocycles. The molecular weight excluding hydrogens is 332 g/mol. The van der Waals surface area contributed by atoms with E-state index in [0.717, 1.165) is 10.0 Å². The van der Waals surface area contributed by atoms with Crippen LogP contribution >= 0.6 is 15.9 Å². The first-order chi connectivity index (χ1) is 9.93. The third-order valence-electron chi connectivity index (χ3n) is 3.17. The fraction of sp³-hybridized carbons (Fsp3) is 0.267. The minimum Gasteiger partial charge on any atom is -0.324 e. The lowest BCUT2D eigenvalue weighted by Crippen LogP contribution is -2.40. The van der Waals surface area contributed by atoms with Crippen LogP contribution in [0, 0.1) is 11.3 Å². The monoisotopic (exact) mass is 346 g/mol. The fourth-order valence-corrected chi connectivity index (χ4v) is 2.08. The Kier molecular flexibility index (Phi) is 4.43. The van der Waals surface area contributed by atoms with Gasteiger partial charge in [0.15, 0.2) is 0 Å². The Morgan fingerprint density at radius 1 is 1.43 bits per heavy atom. The fourth-order valence-electron chi connectivity index (χ4n) is 1.79. The van der Waals surface area contributed by atoms with Gasteiger partial charge >= 0.3 is 0 Å². The van der Waals surface area contributed by atoms with Gasteiger partial charge in [-0.3, -0.25) is 9.48 Å². The van der Waals surface area contributed by atoms with Crippen molar-refractivity contribution in [3.63, 3.8) is 0 Å². The maximum atomic E-state index is 12.4. The summed E-state index contributed by atoms with van der Waals surface area (Å²) in [5, 5.41) is 15.7. The number of carbonyl (C=O) groups excluding carboxylic acids is 1. The Morgan fingerprint density at radius 3 is 2.62 bits per heavy atom. The molecule has 0 radical (unpaired) electrons. The number of nitrogens with one attached hydrogen (secondary N) is 1. The van der Waals surface area contributed by atoms with Crippen molar-refractivity contribution in [2.24, 2.45) is 0 Å². The molecule has 0 unspecified atom stereocenters. The lowest BCUT2D eigenvalue weighted by atomic mass is 10.0. The maximum absolute atomic E-state index is 12.4. The summed E-state index contributed by atoms with van der Waals surface area (Å²) in [6, 6.07) is 9.33. The second kappa shape index (κ2) is 6.10. The van der Waals surface area contributed by atoms with E-state index in [-0.39, 0.29) is 5.91 Å². The Balaban J connectivity index is 2.12. The summed E-state index contributed by atoms with van der Waals surface area (Å²) in [6.07, 6.45) is 3.77. The predicted molar refractivity (Wildman–Crippen MR) is 83.6 cm³/mol. The zero-order valence-corrected chi connectivity index (χ0v) is 13.4. The molecule has 0 aliphatic rings. The van der Waals surface area contributed by atoms with Crippen LogP contribution in [0.4, 0.5) is 5.69 Å². The summed E-state index contributed by atoms with van der Waals surface area (Å²) in [7, 11) is 0. The van der Waals surface area contributed by atoms with E-state index in [2.05, 4.69) is 32.4 Å². The minimum absolute atomic E-state index is 0.161. The van der Waals surface area contributed by atoms with Crippen molar-refractivity contribution < 1.29 is 4.79 Å². The summed E-state index contributed by atoms with van der Waals surface area (Å²) in [6.45, 7) is 3.59. The zero-order chi connectivity index (χ0) is 15.5. The highest BCUT2D eigenvalue weighted by Gasteiger charge is 2.30. The molecule has 0 aliphatic heterocycles. The standard InChI is InChI=1S/C15H15BrN4O/c1-15(2,20-10-12(16)9-18-20)14(21)19-13-5-3-11(4-6-13)7-8-17/h3-6,9-10H,7H2,1-2H3,(H,19,21). The lowest BCUT2D eigenvalue weighted by molar-refractivity contribution is -0.123. The van der Waals surface area contributed by atoms with Crippen molar-refractivity contribution in [3.05, 3.63) is 46.7 Å². The molecule has 1 aromatic heterocycles. The van der Waals surface area contributed by atoms with E-state index in [1.165, 1.54) is 0 Å². The van der Waals surface area contributed by atoms with Crippen LogP contribution < -0.4 is 5.32 Å². The zero-order valence-electron chi connectivity index (χ0n) is 11.8.